The third-order valence-electron chi connectivity index (χ3n) is 4.04. The van der Waals surface area contributed by atoms with Gasteiger partial charge in [-0.05, 0) is 44.9 Å². The molecule has 1 fully saturated rings. The van der Waals surface area contributed by atoms with Gasteiger partial charge in [-0.2, -0.15) is 0 Å². The van der Waals surface area contributed by atoms with Crippen molar-refractivity contribution in [3.05, 3.63) is 29.3 Å². The van der Waals surface area contributed by atoms with E-state index in [9.17, 15) is 0 Å². The van der Waals surface area contributed by atoms with Gasteiger partial charge in [-0.15, -0.1) is 0 Å². The van der Waals surface area contributed by atoms with Gasteiger partial charge in [-0.1, -0.05) is 17.7 Å². The predicted octanol–water partition coefficient (Wildman–Crippen LogP) is 3.18. The van der Waals surface area contributed by atoms with E-state index >= 15 is 0 Å². The monoisotopic (exact) mass is 353 g/mol. The third kappa shape index (κ3) is 5.87. The zero-order chi connectivity index (χ0) is 17.4. The van der Waals surface area contributed by atoms with Crippen LogP contribution in [-0.2, 0) is 4.74 Å². The highest BCUT2D eigenvalue weighted by molar-refractivity contribution is 6.30. The lowest BCUT2D eigenvalue weighted by Crippen LogP contribution is -2.48. The van der Waals surface area contributed by atoms with Crippen molar-refractivity contribution in [3.8, 4) is 5.75 Å². The number of nitrogens with zero attached hydrogens (tertiary/aromatic N) is 2. The summed E-state index contributed by atoms with van der Waals surface area (Å²) in [5.74, 6) is 1.70. The van der Waals surface area contributed by atoms with Crippen LogP contribution in [0.25, 0.3) is 0 Å². The van der Waals surface area contributed by atoms with Crippen LogP contribution in [-0.4, -0.2) is 56.4 Å². The van der Waals surface area contributed by atoms with Crippen LogP contribution in [0.5, 0.6) is 5.75 Å². The number of benzene rings is 1. The molecule has 0 spiro atoms. The summed E-state index contributed by atoms with van der Waals surface area (Å²) in [7, 11) is 1.82. The van der Waals surface area contributed by atoms with Crippen LogP contribution in [0.2, 0.25) is 5.02 Å². The first kappa shape index (κ1) is 18.9. The number of piperidine rings is 1. The van der Waals surface area contributed by atoms with Crippen LogP contribution < -0.4 is 10.1 Å². The van der Waals surface area contributed by atoms with Gasteiger partial charge >= 0.3 is 0 Å². The molecule has 1 N–H and O–H groups in total. The lowest BCUT2D eigenvalue weighted by Gasteiger charge is -2.34. The molecule has 1 atom stereocenters. The Kier molecular flexibility index (Phi) is 7.66. The van der Waals surface area contributed by atoms with Crippen LogP contribution in [0.3, 0.4) is 0 Å². The van der Waals surface area contributed by atoms with Gasteiger partial charge < -0.3 is 19.7 Å². The summed E-state index contributed by atoms with van der Waals surface area (Å²) >= 11 is 5.98. The Morgan fingerprint density at radius 3 is 2.79 bits per heavy atom. The minimum atomic E-state index is 0.0150. The van der Waals surface area contributed by atoms with Gasteiger partial charge in [-0.3, -0.25) is 4.99 Å². The number of halogens is 1. The van der Waals surface area contributed by atoms with E-state index in [-0.39, 0.29) is 6.10 Å². The maximum absolute atomic E-state index is 5.98. The van der Waals surface area contributed by atoms with Crippen LogP contribution >= 0.6 is 11.6 Å². The van der Waals surface area contributed by atoms with E-state index in [4.69, 9.17) is 21.1 Å². The summed E-state index contributed by atoms with van der Waals surface area (Å²) in [5, 5.41) is 4.08. The fraction of sp³-hybridized carbons (Fsp3) is 0.611. The van der Waals surface area contributed by atoms with Crippen molar-refractivity contribution in [2.75, 3.05) is 33.3 Å². The number of likely N-dealkylation sites (tertiary alicyclic amines) is 1. The van der Waals surface area contributed by atoms with Crippen molar-refractivity contribution in [2.24, 2.45) is 4.99 Å². The molecule has 1 aromatic carbocycles. The minimum absolute atomic E-state index is 0.0150. The second-order valence-corrected chi connectivity index (χ2v) is 6.39. The van der Waals surface area contributed by atoms with Crippen molar-refractivity contribution < 1.29 is 9.47 Å². The second-order valence-electron chi connectivity index (χ2n) is 5.96. The molecule has 0 radical (unpaired) electrons. The molecule has 0 bridgehead atoms. The molecule has 1 unspecified atom stereocenters. The third-order valence-corrected chi connectivity index (χ3v) is 4.27. The summed E-state index contributed by atoms with van der Waals surface area (Å²) in [6, 6.07) is 7.46. The Morgan fingerprint density at radius 1 is 1.42 bits per heavy atom. The molecule has 0 saturated carbocycles. The number of ether oxygens (including phenoxy) is 2. The largest absolute Gasteiger partial charge is 0.489 e. The molecule has 1 aliphatic heterocycles. The van der Waals surface area contributed by atoms with Gasteiger partial charge in [0.05, 0.1) is 12.6 Å². The molecule has 1 aliphatic rings. The van der Waals surface area contributed by atoms with E-state index in [0.29, 0.717) is 17.7 Å². The van der Waals surface area contributed by atoms with Gasteiger partial charge in [-0.25, -0.2) is 0 Å². The highest BCUT2D eigenvalue weighted by Gasteiger charge is 2.21. The molecular weight excluding hydrogens is 326 g/mol. The Hall–Kier alpha value is -1.46. The molecule has 1 heterocycles. The van der Waals surface area contributed by atoms with E-state index in [1.54, 1.807) is 0 Å². The summed E-state index contributed by atoms with van der Waals surface area (Å²) in [5.41, 5.74) is 0. The van der Waals surface area contributed by atoms with Gasteiger partial charge in [0.25, 0.3) is 0 Å². The summed E-state index contributed by atoms with van der Waals surface area (Å²) in [6.45, 7) is 7.49. The first-order chi connectivity index (χ1) is 11.6. The first-order valence-corrected chi connectivity index (χ1v) is 8.99. The molecular formula is C18H28ClN3O2. The number of hydrogen-bond donors (Lipinski definition) is 1. The predicted molar refractivity (Wildman–Crippen MR) is 99.1 cm³/mol. The maximum Gasteiger partial charge on any atom is 0.193 e. The molecule has 24 heavy (non-hydrogen) atoms. The number of nitrogens with one attached hydrogen (secondary N) is 1. The smallest absolute Gasteiger partial charge is 0.193 e. The Bertz CT molecular complexity index is 531. The van der Waals surface area contributed by atoms with Crippen molar-refractivity contribution in [2.45, 2.75) is 38.9 Å². The summed E-state index contributed by atoms with van der Waals surface area (Å²) < 4.78 is 11.6. The maximum atomic E-state index is 5.98. The minimum Gasteiger partial charge on any atom is -0.489 e. The number of rotatable bonds is 6. The highest BCUT2D eigenvalue weighted by Crippen LogP contribution is 2.18. The quantitative estimate of drug-likeness (QED) is 0.630. The zero-order valence-corrected chi connectivity index (χ0v) is 15.6. The van der Waals surface area contributed by atoms with Gasteiger partial charge in [0.2, 0.25) is 0 Å². The zero-order valence-electron chi connectivity index (χ0n) is 14.8. The van der Waals surface area contributed by atoms with Gasteiger partial charge in [0.15, 0.2) is 5.96 Å². The van der Waals surface area contributed by atoms with E-state index in [0.717, 1.165) is 44.2 Å². The molecule has 1 aromatic rings. The average Bonchev–Trinajstić information content (AvgIpc) is 2.57. The molecule has 1 saturated heterocycles. The van der Waals surface area contributed by atoms with Crippen molar-refractivity contribution in [1.29, 1.82) is 0 Å². The van der Waals surface area contributed by atoms with E-state index < -0.39 is 0 Å². The standard InChI is InChI=1S/C18H28ClN3O2/c1-4-23-16-8-10-22(11-9-16)18(20-3)21-13-14(2)24-17-7-5-6-15(19)12-17/h5-7,12,14,16H,4,8-11,13H2,1-3H3,(H,20,21). The van der Waals surface area contributed by atoms with Crippen LogP contribution in [0.4, 0.5) is 0 Å². The molecule has 0 aromatic heterocycles. The Balaban J connectivity index is 1.77. The number of hydrogen-bond acceptors (Lipinski definition) is 3. The fourth-order valence-electron chi connectivity index (χ4n) is 2.85. The van der Waals surface area contributed by atoms with Gasteiger partial charge in [0.1, 0.15) is 11.9 Å². The molecule has 5 nitrogen and oxygen atoms in total. The lowest BCUT2D eigenvalue weighted by atomic mass is 10.1. The molecule has 6 heteroatoms. The lowest BCUT2D eigenvalue weighted by molar-refractivity contribution is 0.0263. The SMILES string of the molecule is CCOC1CCN(C(=NC)NCC(C)Oc2cccc(Cl)c2)CC1. The van der Waals surface area contributed by atoms with Crippen LogP contribution in [0.1, 0.15) is 26.7 Å². The van der Waals surface area contributed by atoms with Crippen molar-refractivity contribution >= 4 is 17.6 Å². The van der Waals surface area contributed by atoms with Crippen LogP contribution in [0.15, 0.2) is 29.3 Å². The van der Waals surface area contributed by atoms with Crippen LogP contribution in [0, 0.1) is 0 Å². The molecule has 0 aliphatic carbocycles. The highest BCUT2D eigenvalue weighted by atomic mass is 35.5. The van der Waals surface area contributed by atoms with Gasteiger partial charge in [0, 0.05) is 31.8 Å². The molecule has 0 amide bonds. The van der Waals surface area contributed by atoms with E-state index in [1.165, 1.54) is 0 Å². The number of guanidine groups is 1. The van der Waals surface area contributed by atoms with E-state index in [2.05, 4.69) is 15.2 Å². The fourth-order valence-corrected chi connectivity index (χ4v) is 3.03. The van der Waals surface area contributed by atoms with E-state index in [1.807, 2.05) is 45.2 Å². The summed E-state index contributed by atoms with van der Waals surface area (Å²) in [4.78, 5) is 6.67. The van der Waals surface area contributed by atoms with Crippen molar-refractivity contribution in [3.63, 3.8) is 0 Å². The Labute approximate surface area is 150 Å². The molecule has 2 rings (SSSR count). The summed E-state index contributed by atoms with van der Waals surface area (Å²) in [6.07, 6.45) is 2.49. The topological polar surface area (TPSA) is 46.1 Å². The number of aliphatic imine (C=N–C) groups is 1. The Morgan fingerprint density at radius 2 is 2.17 bits per heavy atom. The van der Waals surface area contributed by atoms with Crippen molar-refractivity contribution in [1.82, 2.24) is 10.2 Å². The first-order valence-electron chi connectivity index (χ1n) is 8.61. The molecule has 134 valence electrons. The second kappa shape index (κ2) is 9.74. The normalized spacial score (nSPS) is 17.7. The average molecular weight is 354 g/mol.